The SMILES string of the molecule is COc1c(Cl)cc(C(=O)NC(=S)Nc2ccc(CC(=O)O)cc2)cc1Cl. The van der Waals surface area contributed by atoms with Crippen LogP contribution in [0, 0.1) is 0 Å². The van der Waals surface area contributed by atoms with Gasteiger partial charge in [-0.1, -0.05) is 35.3 Å². The Kier molecular flexibility index (Phi) is 6.79. The highest BCUT2D eigenvalue weighted by atomic mass is 35.5. The number of methoxy groups -OCH3 is 1. The van der Waals surface area contributed by atoms with Crippen LogP contribution in [0.3, 0.4) is 0 Å². The number of anilines is 1. The third-order valence-electron chi connectivity index (χ3n) is 3.26. The molecule has 0 aliphatic heterocycles. The van der Waals surface area contributed by atoms with Gasteiger partial charge in [0.05, 0.1) is 23.6 Å². The molecule has 0 aliphatic carbocycles. The number of hydrogen-bond donors (Lipinski definition) is 3. The Morgan fingerprint density at radius 1 is 1.15 bits per heavy atom. The summed E-state index contributed by atoms with van der Waals surface area (Å²) in [6.07, 6.45) is -0.0690. The molecule has 0 fully saturated rings. The Labute approximate surface area is 165 Å². The average molecular weight is 413 g/mol. The van der Waals surface area contributed by atoms with Crippen LogP contribution in [0.5, 0.6) is 5.75 Å². The third kappa shape index (κ3) is 5.32. The van der Waals surface area contributed by atoms with Crippen LogP contribution in [-0.2, 0) is 11.2 Å². The lowest BCUT2D eigenvalue weighted by atomic mass is 10.1. The highest BCUT2D eigenvalue weighted by Gasteiger charge is 2.14. The molecule has 26 heavy (non-hydrogen) atoms. The number of benzene rings is 2. The van der Waals surface area contributed by atoms with Crippen molar-refractivity contribution in [3.63, 3.8) is 0 Å². The molecule has 0 atom stereocenters. The van der Waals surface area contributed by atoms with Gasteiger partial charge in [0.1, 0.15) is 0 Å². The molecule has 3 N–H and O–H groups in total. The van der Waals surface area contributed by atoms with E-state index in [2.05, 4.69) is 10.6 Å². The maximum Gasteiger partial charge on any atom is 0.307 e. The van der Waals surface area contributed by atoms with E-state index in [-0.39, 0.29) is 32.9 Å². The van der Waals surface area contributed by atoms with Gasteiger partial charge in [0.25, 0.3) is 5.91 Å². The van der Waals surface area contributed by atoms with E-state index < -0.39 is 11.9 Å². The minimum absolute atomic E-state index is 0.0690. The van der Waals surface area contributed by atoms with Gasteiger partial charge in [-0.3, -0.25) is 14.9 Å². The Hall–Kier alpha value is -2.35. The zero-order valence-electron chi connectivity index (χ0n) is 13.5. The third-order valence-corrected chi connectivity index (χ3v) is 4.02. The highest BCUT2D eigenvalue weighted by molar-refractivity contribution is 7.80. The number of hydrogen-bond acceptors (Lipinski definition) is 4. The van der Waals surface area contributed by atoms with Crippen molar-refractivity contribution < 1.29 is 19.4 Å². The molecule has 0 aromatic heterocycles. The Bertz CT molecular complexity index is 833. The number of ether oxygens (including phenoxy) is 1. The van der Waals surface area contributed by atoms with Gasteiger partial charge in [0, 0.05) is 11.3 Å². The monoisotopic (exact) mass is 412 g/mol. The molecule has 1 amide bonds. The zero-order chi connectivity index (χ0) is 19.3. The van der Waals surface area contributed by atoms with Crippen molar-refractivity contribution in [2.75, 3.05) is 12.4 Å². The Balaban J connectivity index is 2.01. The number of thiocarbonyl (C=S) groups is 1. The van der Waals surface area contributed by atoms with E-state index in [1.807, 2.05) is 0 Å². The van der Waals surface area contributed by atoms with E-state index in [4.69, 9.17) is 45.3 Å². The summed E-state index contributed by atoms with van der Waals surface area (Å²) in [5.41, 5.74) is 1.48. The molecule has 0 spiro atoms. The second kappa shape index (κ2) is 8.84. The first-order valence-electron chi connectivity index (χ1n) is 7.26. The van der Waals surface area contributed by atoms with Crippen molar-refractivity contribution in [2.24, 2.45) is 0 Å². The number of amides is 1. The number of nitrogens with one attached hydrogen (secondary N) is 2. The van der Waals surface area contributed by atoms with Crippen LogP contribution in [0.1, 0.15) is 15.9 Å². The van der Waals surface area contributed by atoms with Gasteiger partial charge in [-0.15, -0.1) is 0 Å². The van der Waals surface area contributed by atoms with Gasteiger partial charge in [-0.25, -0.2) is 0 Å². The molecule has 6 nitrogen and oxygen atoms in total. The second-order valence-electron chi connectivity index (χ2n) is 5.15. The number of aliphatic carboxylic acids is 1. The van der Waals surface area contributed by atoms with Gasteiger partial charge in [-0.05, 0) is 42.0 Å². The molecule has 2 aromatic rings. The van der Waals surface area contributed by atoms with Crippen LogP contribution in [0.4, 0.5) is 5.69 Å². The lowest BCUT2D eigenvalue weighted by Gasteiger charge is -2.11. The van der Waals surface area contributed by atoms with Crippen molar-refractivity contribution in [3.8, 4) is 5.75 Å². The molecule has 0 saturated carbocycles. The van der Waals surface area contributed by atoms with E-state index in [9.17, 15) is 9.59 Å². The largest absolute Gasteiger partial charge is 0.494 e. The van der Waals surface area contributed by atoms with Crippen LogP contribution >= 0.6 is 35.4 Å². The van der Waals surface area contributed by atoms with Crippen molar-refractivity contribution in [3.05, 3.63) is 57.6 Å². The van der Waals surface area contributed by atoms with Crippen LogP contribution in [-0.4, -0.2) is 29.2 Å². The molecule has 9 heteroatoms. The van der Waals surface area contributed by atoms with Crippen molar-refractivity contribution in [1.82, 2.24) is 5.32 Å². The smallest absolute Gasteiger partial charge is 0.307 e. The van der Waals surface area contributed by atoms with Crippen LogP contribution < -0.4 is 15.4 Å². The van der Waals surface area contributed by atoms with Gasteiger partial charge in [0.15, 0.2) is 10.9 Å². The van der Waals surface area contributed by atoms with Crippen LogP contribution in [0.25, 0.3) is 0 Å². The van der Waals surface area contributed by atoms with Crippen molar-refractivity contribution in [2.45, 2.75) is 6.42 Å². The maximum absolute atomic E-state index is 12.3. The molecule has 0 radical (unpaired) electrons. The molecule has 0 heterocycles. The number of carboxylic acids is 1. The van der Waals surface area contributed by atoms with Crippen molar-refractivity contribution >= 4 is 58.1 Å². The van der Waals surface area contributed by atoms with E-state index in [0.29, 0.717) is 11.3 Å². The number of carboxylic acid groups (broad SMARTS) is 1. The quantitative estimate of drug-likeness (QED) is 0.648. The minimum Gasteiger partial charge on any atom is -0.494 e. The summed E-state index contributed by atoms with van der Waals surface area (Å²) in [4.78, 5) is 22.9. The molecule has 0 saturated heterocycles. The summed E-state index contributed by atoms with van der Waals surface area (Å²) in [7, 11) is 1.42. The summed E-state index contributed by atoms with van der Waals surface area (Å²) in [5.74, 6) is -1.12. The van der Waals surface area contributed by atoms with Crippen LogP contribution in [0.2, 0.25) is 10.0 Å². The van der Waals surface area contributed by atoms with Gasteiger partial charge >= 0.3 is 5.97 Å². The lowest BCUT2D eigenvalue weighted by molar-refractivity contribution is -0.136. The summed E-state index contributed by atoms with van der Waals surface area (Å²) in [5, 5.41) is 14.6. The van der Waals surface area contributed by atoms with Gasteiger partial charge in [0.2, 0.25) is 0 Å². The van der Waals surface area contributed by atoms with Gasteiger partial charge < -0.3 is 15.2 Å². The molecular formula is C17H14Cl2N2O4S. The molecule has 0 unspecified atom stereocenters. The second-order valence-corrected chi connectivity index (χ2v) is 6.37. The summed E-state index contributed by atoms with van der Waals surface area (Å²) in [6.45, 7) is 0. The molecule has 0 aliphatic rings. The number of halogens is 2. The Morgan fingerprint density at radius 2 is 1.73 bits per heavy atom. The van der Waals surface area contributed by atoms with Crippen molar-refractivity contribution in [1.29, 1.82) is 0 Å². The fourth-order valence-electron chi connectivity index (χ4n) is 2.10. The first-order chi connectivity index (χ1) is 12.3. The Morgan fingerprint density at radius 3 is 2.23 bits per heavy atom. The summed E-state index contributed by atoms with van der Waals surface area (Å²) in [6, 6.07) is 9.49. The normalized spacial score (nSPS) is 10.1. The fourth-order valence-corrected chi connectivity index (χ4v) is 2.96. The number of rotatable bonds is 5. The van der Waals surface area contributed by atoms with E-state index in [1.165, 1.54) is 19.2 Å². The average Bonchev–Trinajstić information content (AvgIpc) is 2.55. The van der Waals surface area contributed by atoms with E-state index in [1.54, 1.807) is 24.3 Å². The lowest BCUT2D eigenvalue weighted by Crippen LogP contribution is -2.34. The molecular weight excluding hydrogens is 399 g/mol. The number of carbonyl (C=O) groups excluding carboxylic acids is 1. The zero-order valence-corrected chi connectivity index (χ0v) is 15.8. The maximum atomic E-state index is 12.3. The summed E-state index contributed by atoms with van der Waals surface area (Å²) < 4.78 is 5.03. The number of carbonyl (C=O) groups is 2. The molecule has 2 aromatic carbocycles. The van der Waals surface area contributed by atoms with E-state index >= 15 is 0 Å². The standard InChI is InChI=1S/C17H14Cl2N2O4S/c1-25-15-12(18)7-10(8-13(15)19)16(24)21-17(26)20-11-4-2-9(3-5-11)6-14(22)23/h2-5,7-8H,6H2,1H3,(H,22,23)(H2,20,21,24,26). The molecule has 0 bridgehead atoms. The van der Waals surface area contributed by atoms with Crippen LogP contribution in [0.15, 0.2) is 36.4 Å². The predicted molar refractivity (Wildman–Crippen MR) is 104 cm³/mol. The molecule has 136 valence electrons. The molecule has 2 rings (SSSR count). The van der Waals surface area contributed by atoms with Gasteiger partial charge in [-0.2, -0.15) is 0 Å². The first-order valence-corrected chi connectivity index (χ1v) is 8.42. The van der Waals surface area contributed by atoms with E-state index in [0.717, 1.165) is 0 Å². The predicted octanol–water partition coefficient (Wildman–Crippen LogP) is 3.76. The fraction of sp³-hybridized carbons (Fsp3) is 0.118. The minimum atomic E-state index is -0.912. The highest BCUT2D eigenvalue weighted by Crippen LogP contribution is 2.33. The first kappa shape index (κ1) is 20.0. The summed E-state index contributed by atoms with van der Waals surface area (Å²) >= 11 is 17.1. The topological polar surface area (TPSA) is 87.7 Å².